The third-order valence-electron chi connectivity index (χ3n) is 5.57. The van der Waals surface area contributed by atoms with Gasteiger partial charge in [-0.05, 0) is 43.5 Å². The summed E-state index contributed by atoms with van der Waals surface area (Å²) >= 11 is 0. The molecule has 3 rings (SSSR count). The number of rotatable bonds is 6. The average Bonchev–Trinajstić information content (AvgIpc) is 2.74. The summed E-state index contributed by atoms with van der Waals surface area (Å²) in [6.45, 7) is 1.96. The standard InChI is InChI=1S/C24H32N4O2/c1-17(18-10-6-4-7-11-18)25-23(29)21-16-20(14-15-22(21)28(2)3)27-24(30)26-19-12-8-5-9-13-19/h4,6-7,10-11,14-17,19H,5,8-9,12-13H2,1-3H3,(H,25,29)(H2,26,27,30)/t17-/m1/s1. The SMILES string of the molecule is C[C@@H](NC(=O)c1cc(NC(=O)NC2CCCCC2)ccc1N(C)C)c1ccccc1. The Morgan fingerprint density at radius 3 is 2.37 bits per heavy atom. The van der Waals surface area contributed by atoms with E-state index in [4.69, 9.17) is 0 Å². The predicted molar refractivity (Wildman–Crippen MR) is 122 cm³/mol. The number of nitrogens with one attached hydrogen (secondary N) is 3. The summed E-state index contributed by atoms with van der Waals surface area (Å²) in [6.07, 6.45) is 5.61. The molecule has 1 fully saturated rings. The van der Waals surface area contributed by atoms with Crippen molar-refractivity contribution in [1.29, 1.82) is 0 Å². The van der Waals surface area contributed by atoms with Crippen LogP contribution in [0.5, 0.6) is 0 Å². The fourth-order valence-electron chi connectivity index (χ4n) is 3.88. The summed E-state index contributed by atoms with van der Waals surface area (Å²) in [6, 6.07) is 15.2. The van der Waals surface area contributed by atoms with E-state index >= 15 is 0 Å². The Bertz CT molecular complexity index is 861. The smallest absolute Gasteiger partial charge is 0.319 e. The number of amides is 3. The third kappa shape index (κ3) is 5.75. The van der Waals surface area contributed by atoms with Crippen molar-refractivity contribution in [3.05, 3.63) is 59.7 Å². The van der Waals surface area contributed by atoms with E-state index in [9.17, 15) is 9.59 Å². The Morgan fingerprint density at radius 1 is 1.00 bits per heavy atom. The zero-order valence-corrected chi connectivity index (χ0v) is 18.1. The zero-order valence-electron chi connectivity index (χ0n) is 18.1. The van der Waals surface area contributed by atoms with Crippen LogP contribution in [0.2, 0.25) is 0 Å². The van der Waals surface area contributed by atoms with E-state index in [1.165, 1.54) is 6.42 Å². The normalized spacial score (nSPS) is 15.2. The van der Waals surface area contributed by atoms with Crippen LogP contribution in [0, 0.1) is 0 Å². The molecule has 0 unspecified atom stereocenters. The van der Waals surface area contributed by atoms with Gasteiger partial charge in [0.1, 0.15) is 0 Å². The van der Waals surface area contributed by atoms with Crippen LogP contribution in [0.15, 0.2) is 48.5 Å². The fourth-order valence-corrected chi connectivity index (χ4v) is 3.88. The van der Waals surface area contributed by atoms with E-state index in [1.54, 1.807) is 6.07 Å². The van der Waals surface area contributed by atoms with Gasteiger partial charge in [0.05, 0.1) is 11.6 Å². The summed E-state index contributed by atoms with van der Waals surface area (Å²) in [4.78, 5) is 27.3. The molecule has 0 spiro atoms. The number of urea groups is 1. The van der Waals surface area contributed by atoms with Crippen LogP contribution >= 0.6 is 0 Å². The monoisotopic (exact) mass is 408 g/mol. The summed E-state index contributed by atoms with van der Waals surface area (Å²) < 4.78 is 0. The first-order valence-corrected chi connectivity index (χ1v) is 10.7. The summed E-state index contributed by atoms with van der Waals surface area (Å²) in [7, 11) is 3.80. The number of carbonyl (C=O) groups excluding carboxylic acids is 2. The van der Waals surface area contributed by atoms with Crippen molar-refractivity contribution in [2.75, 3.05) is 24.3 Å². The molecule has 30 heavy (non-hydrogen) atoms. The minimum atomic E-state index is -0.219. The van der Waals surface area contributed by atoms with Gasteiger partial charge >= 0.3 is 6.03 Å². The van der Waals surface area contributed by atoms with Crippen molar-refractivity contribution in [2.45, 2.75) is 51.1 Å². The van der Waals surface area contributed by atoms with Crippen molar-refractivity contribution in [3.63, 3.8) is 0 Å². The first kappa shape index (κ1) is 21.7. The second-order valence-electron chi connectivity index (χ2n) is 8.17. The van der Waals surface area contributed by atoms with Gasteiger partial charge in [-0.15, -0.1) is 0 Å². The van der Waals surface area contributed by atoms with Crippen LogP contribution in [0.25, 0.3) is 0 Å². The van der Waals surface area contributed by atoms with Crippen molar-refractivity contribution in [1.82, 2.24) is 10.6 Å². The lowest BCUT2D eigenvalue weighted by atomic mass is 9.96. The minimum Gasteiger partial charge on any atom is -0.377 e. The number of benzene rings is 2. The van der Waals surface area contributed by atoms with Crippen LogP contribution in [-0.2, 0) is 0 Å². The molecule has 6 heteroatoms. The summed E-state index contributed by atoms with van der Waals surface area (Å²) in [5.41, 5.74) is 2.97. The lowest BCUT2D eigenvalue weighted by molar-refractivity contribution is 0.0940. The lowest BCUT2D eigenvalue weighted by Crippen LogP contribution is -2.39. The van der Waals surface area contributed by atoms with Crippen molar-refractivity contribution in [2.24, 2.45) is 0 Å². The van der Waals surface area contributed by atoms with Crippen LogP contribution in [0.4, 0.5) is 16.2 Å². The molecule has 2 aromatic rings. The quantitative estimate of drug-likeness (QED) is 0.649. The second kappa shape index (κ2) is 10.1. The Labute approximate surface area is 179 Å². The highest BCUT2D eigenvalue weighted by atomic mass is 16.2. The van der Waals surface area contributed by atoms with E-state index in [2.05, 4.69) is 16.0 Å². The topological polar surface area (TPSA) is 73.5 Å². The van der Waals surface area contributed by atoms with Gasteiger partial charge in [0, 0.05) is 31.5 Å². The van der Waals surface area contributed by atoms with Crippen molar-refractivity contribution >= 4 is 23.3 Å². The molecule has 1 atom stereocenters. The van der Waals surface area contributed by atoms with Gasteiger partial charge in [0.2, 0.25) is 0 Å². The number of nitrogens with zero attached hydrogens (tertiary/aromatic N) is 1. The second-order valence-corrected chi connectivity index (χ2v) is 8.17. The van der Waals surface area contributed by atoms with Gasteiger partial charge in [-0.3, -0.25) is 4.79 Å². The molecule has 0 saturated heterocycles. The van der Waals surface area contributed by atoms with Crippen LogP contribution in [0.1, 0.15) is 61.0 Å². The van der Waals surface area contributed by atoms with Crippen molar-refractivity contribution < 1.29 is 9.59 Å². The molecular weight excluding hydrogens is 376 g/mol. The van der Waals surface area contributed by atoms with Crippen LogP contribution in [0.3, 0.4) is 0 Å². The Balaban J connectivity index is 1.72. The minimum absolute atomic E-state index is 0.125. The van der Waals surface area contributed by atoms with Gasteiger partial charge in [-0.25, -0.2) is 4.79 Å². The molecule has 160 valence electrons. The molecule has 2 aromatic carbocycles. The number of carbonyl (C=O) groups is 2. The highest BCUT2D eigenvalue weighted by Crippen LogP contribution is 2.24. The number of hydrogen-bond donors (Lipinski definition) is 3. The molecule has 6 nitrogen and oxygen atoms in total. The summed E-state index contributed by atoms with van der Waals surface area (Å²) in [5.74, 6) is -0.175. The molecule has 3 N–H and O–H groups in total. The maximum atomic E-state index is 13.0. The van der Waals surface area contributed by atoms with Crippen LogP contribution in [-0.4, -0.2) is 32.1 Å². The summed E-state index contributed by atoms with van der Waals surface area (Å²) in [5, 5.41) is 8.99. The maximum absolute atomic E-state index is 13.0. The third-order valence-corrected chi connectivity index (χ3v) is 5.57. The average molecular weight is 409 g/mol. The number of hydrogen-bond acceptors (Lipinski definition) is 3. The predicted octanol–water partition coefficient (Wildman–Crippen LogP) is 4.70. The molecule has 1 aliphatic carbocycles. The molecule has 0 bridgehead atoms. The van der Waals surface area contributed by atoms with E-state index < -0.39 is 0 Å². The molecule has 3 amide bonds. The Hall–Kier alpha value is -3.02. The molecule has 1 aliphatic rings. The van der Waals surface area contributed by atoms with Crippen LogP contribution < -0.4 is 20.9 Å². The van der Waals surface area contributed by atoms with E-state index in [1.807, 2.05) is 68.4 Å². The number of anilines is 2. The largest absolute Gasteiger partial charge is 0.377 e. The molecular formula is C24H32N4O2. The molecule has 0 radical (unpaired) electrons. The maximum Gasteiger partial charge on any atom is 0.319 e. The van der Waals surface area contributed by atoms with E-state index in [-0.39, 0.29) is 24.0 Å². The molecule has 0 heterocycles. The molecule has 0 aromatic heterocycles. The van der Waals surface area contributed by atoms with E-state index in [0.717, 1.165) is 36.9 Å². The highest BCUT2D eigenvalue weighted by molar-refractivity contribution is 6.02. The first-order chi connectivity index (χ1) is 14.4. The van der Waals surface area contributed by atoms with Gasteiger partial charge < -0.3 is 20.9 Å². The Kier molecular flexibility index (Phi) is 7.33. The molecule has 0 aliphatic heterocycles. The Morgan fingerprint density at radius 2 is 1.70 bits per heavy atom. The lowest BCUT2D eigenvalue weighted by Gasteiger charge is -2.23. The van der Waals surface area contributed by atoms with Gasteiger partial charge in [-0.1, -0.05) is 49.6 Å². The van der Waals surface area contributed by atoms with Gasteiger partial charge in [0.25, 0.3) is 5.91 Å². The zero-order chi connectivity index (χ0) is 21.5. The van der Waals surface area contributed by atoms with Gasteiger partial charge in [-0.2, -0.15) is 0 Å². The van der Waals surface area contributed by atoms with Gasteiger partial charge in [0.15, 0.2) is 0 Å². The first-order valence-electron chi connectivity index (χ1n) is 10.7. The fraction of sp³-hybridized carbons (Fsp3) is 0.417. The van der Waals surface area contributed by atoms with Crippen molar-refractivity contribution in [3.8, 4) is 0 Å². The molecule has 1 saturated carbocycles. The highest BCUT2D eigenvalue weighted by Gasteiger charge is 2.19. The van der Waals surface area contributed by atoms with E-state index in [0.29, 0.717) is 11.3 Å².